The number of carbonyl (C=O) groups excluding carboxylic acids is 1. The molecule has 0 spiro atoms. The molecular weight excluding hydrogens is 292 g/mol. The van der Waals surface area contributed by atoms with Gasteiger partial charge in [-0.3, -0.25) is 0 Å². The highest BCUT2D eigenvalue weighted by molar-refractivity contribution is 5.90. The Morgan fingerprint density at radius 3 is 3.09 bits per heavy atom. The van der Waals surface area contributed by atoms with E-state index in [9.17, 15) is 4.79 Å². The lowest BCUT2D eigenvalue weighted by Gasteiger charge is -2.20. The molecule has 1 aromatic carbocycles. The quantitative estimate of drug-likeness (QED) is 0.744. The van der Waals surface area contributed by atoms with Crippen molar-refractivity contribution >= 4 is 11.7 Å². The molecule has 5 heteroatoms. The second kappa shape index (κ2) is 9.20. The number of rotatable bonds is 8. The van der Waals surface area contributed by atoms with Gasteiger partial charge >= 0.3 is 6.03 Å². The molecule has 1 aromatic rings. The van der Waals surface area contributed by atoms with E-state index in [0.29, 0.717) is 30.7 Å². The minimum atomic E-state index is -0.132. The van der Waals surface area contributed by atoms with E-state index < -0.39 is 0 Å². The molecule has 0 bridgehead atoms. The van der Waals surface area contributed by atoms with E-state index in [-0.39, 0.29) is 6.03 Å². The fourth-order valence-corrected chi connectivity index (χ4v) is 2.58. The zero-order valence-electron chi connectivity index (χ0n) is 13.8. The van der Waals surface area contributed by atoms with E-state index in [1.54, 1.807) is 18.0 Å². The summed E-state index contributed by atoms with van der Waals surface area (Å²) in [5.41, 5.74) is 0.672. The van der Waals surface area contributed by atoms with Gasteiger partial charge in [-0.05, 0) is 37.8 Å². The second-order valence-electron chi connectivity index (χ2n) is 5.72. The number of urea groups is 1. The minimum absolute atomic E-state index is 0.132. The highest BCUT2D eigenvalue weighted by Gasteiger charge is 2.16. The number of hydrogen-bond acceptors (Lipinski definition) is 3. The molecule has 1 saturated heterocycles. The maximum Gasteiger partial charge on any atom is 0.321 e. The Hall–Kier alpha value is -2.01. The molecule has 0 radical (unpaired) electrons. The Labute approximate surface area is 138 Å². The molecule has 23 heavy (non-hydrogen) atoms. The number of amides is 2. The molecule has 1 fully saturated rings. The molecule has 126 valence electrons. The molecule has 0 aliphatic carbocycles. The van der Waals surface area contributed by atoms with Gasteiger partial charge in [0.25, 0.3) is 0 Å². The number of nitrogens with zero attached hydrogens (tertiary/aromatic N) is 1. The molecule has 0 saturated carbocycles. The summed E-state index contributed by atoms with van der Waals surface area (Å²) in [4.78, 5) is 14.0. The van der Waals surface area contributed by atoms with Gasteiger partial charge in [0.05, 0.1) is 11.8 Å². The second-order valence-corrected chi connectivity index (χ2v) is 5.72. The van der Waals surface area contributed by atoms with Crippen LogP contribution in [-0.2, 0) is 4.74 Å². The average Bonchev–Trinajstić information content (AvgIpc) is 3.07. The molecule has 1 aliphatic heterocycles. The number of ether oxygens (including phenoxy) is 2. The van der Waals surface area contributed by atoms with Crippen LogP contribution < -0.4 is 10.1 Å². The molecule has 1 atom stereocenters. The van der Waals surface area contributed by atoms with Gasteiger partial charge in [0.15, 0.2) is 0 Å². The van der Waals surface area contributed by atoms with Gasteiger partial charge in [-0.1, -0.05) is 24.8 Å². The van der Waals surface area contributed by atoms with Crippen LogP contribution in [0.4, 0.5) is 10.5 Å². The van der Waals surface area contributed by atoms with Crippen LogP contribution in [0.3, 0.4) is 0 Å². The molecule has 2 rings (SSSR count). The van der Waals surface area contributed by atoms with Crippen molar-refractivity contribution in [3.63, 3.8) is 0 Å². The Morgan fingerprint density at radius 1 is 1.52 bits per heavy atom. The SMILES string of the molecule is C=CCOc1ccccc1NC(=O)N(C)CCC[C@@H]1CCCO1. The Balaban J connectivity index is 1.79. The van der Waals surface area contributed by atoms with Crippen LogP contribution in [0.15, 0.2) is 36.9 Å². The zero-order chi connectivity index (χ0) is 16.5. The number of nitrogens with one attached hydrogen (secondary N) is 1. The predicted molar refractivity (Wildman–Crippen MR) is 92.0 cm³/mol. The number of hydrogen-bond donors (Lipinski definition) is 1. The Morgan fingerprint density at radius 2 is 2.35 bits per heavy atom. The van der Waals surface area contributed by atoms with Crippen LogP contribution >= 0.6 is 0 Å². The maximum absolute atomic E-state index is 12.3. The topological polar surface area (TPSA) is 50.8 Å². The minimum Gasteiger partial charge on any atom is -0.487 e. The smallest absolute Gasteiger partial charge is 0.321 e. The van der Waals surface area contributed by atoms with Gasteiger partial charge in [-0.15, -0.1) is 0 Å². The summed E-state index contributed by atoms with van der Waals surface area (Å²) < 4.78 is 11.1. The number of benzene rings is 1. The lowest BCUT2D eigenvalue weighted by Crippen LogP contribution is -2.32. The lowest BCUT2D eigenvalue weighted by atomic mass is 10.1. The van der Waals surface area contributed by atoms with Gasteiger partial charge in [0.2, 0.25) is 0 Å². The van der Waals surface area contributed by atoms with Crippen molar-refractivity contribution in [2.75, 3.05) is 32.1 Å². The Bertz CT molecular complexity index is 513. The van der Waals surface area contributed by atoms with E-state index in [2.05, 4.69) is 11.9 Å². The van der Waals surface area contributed by atoms with E-state index >= 15 is 0 Å². The van der Waals surface area contributed by atoms with Gasteiger partial charge in [0.1, 0.15) is 12.4 Å². The molecule has 2 amide bonds. The first-order valence-electron chi connectivity index (χ1n) is 8.17. The standard InChI is InChI=1S/C18H26N2O3/c1-3-13-23-17-11-5-4-10-16(17)19-18(21)20(2)12-6-8-15-9-7-14-22-15/h3-5,10-11,15H,1,6-9,12-14H2,2H3,(H,19,21)/t15-/m1/s1. The third-order valence-corrected chi connectivity index (χ3v) is 3.88. The molecular formula is C18H26N2O3. The van der Waals surface area contributed by atoms with Crippen molar-refractivity contribution in [1.29, 1.82) is 0 Å². The fraction of sp³-hybridized carbons (Fsp3) is 0.500. The first-order chi connectivity index (χ1) is 11.2. The molecule has 1 aliphatic rings. The average molecular weight is 318 g/mol. The van der Waals surface area contributed by atoms with Crippen molar-refractivity contribution in [2.45, 2.75) is 31.8 Å². The molecule has 1 heterocycles. The fourth-order valence-electron chi connectivity index (χ4n) is 2.58. The van der Waals surface area contributed by atoms with Crippen molar-refractivity contribution < 1.29 is 14.3 Å². The molecule has 1 N–H and O–H groups in total. The van der Waals surface area contributed by atoms with Gasteiger partial charge in [-0.2, -0.15) is 0 Å². The summed E-state index contributed by atoms with van der Waals surface area (Å²) in [5, 5.41) is 2.89. The normalized spacial score (nSPS) is 16.8. The molecule has 0 unspecified atom stereocenters. The van der Waals surface area contributed by atoms with E-state index in [1.807, 2.05) is 24.3 Å². The van der Waals surface area contributed by atoms with Crippen LogP contribution in [0, 0.1) is 0 Å². The Kier molecular flexibility index (Phi) is 6.94. The van der Waals surface area contributed by atoms with Gasteiger partial charge in [-0.25, -0.2) is 4.79 Å². The number of para-hydroxylation sites is 2. The van der Waals surface area contributed by atoms with Crippen molar-refractivity contribution in [2.24, 2.45) is 0 Å². The first kappa shape index (κ1) is 17.3. The summed E-state index contributed by atoms with van der Waals surface area (Å²) >= 11 is 0. The number of carbonyl (C=O) groups is 1. The third kappa shape index (κ3) is 5.60. The van der Waals surface area contributed by atoms with Crippen LogP contribution in [-0.4, -0.2) is 43.8 Å². The summed E-state index contributed by atoms with van der Waals surface area (Å²) in [5.74, 6) is 0.647. The van der Waals surface area contributed by atoms with Crippen molar-refractivity contribution in [1.82, 2.24) is 4.90 Å². The highest BCUT2D eigenvalue weighted by Crippen LogP contribution is 2.24. The largest absolute Gasteiger partial charge is 0.487 e. The number of anilines is 1. The predicted octanol–water partition coefficient (Wildman–Crippen LogP) is 3.67. The lowest BCUT2D eigenvalue weighted by molar-refractivity contribution is 0.101. The summed E-state index contributed by atoms with van der Waals surface area (Å²) in [6, 6.07) is 7.27. The van der Waals surface area contributed by atoms with Crippen LogP contribution in [0.25, 0.3) is 0 Å². The summed E-state index contributed by atoms with van der Waals surface area (Å²) in [6.07, 6.45) is 6.31. The third-order valence-electron chi connectivity index (χ3n) is 3.88. The maximum atomic E-state index is 12.3. The van der Waals surface area contributed by atoms with E-state index in [1.165, 1.54) is 0 Å². The highest BCUT2D eigenvalue weighted by atomic mass is 16.5. The molecule has 5 nitrogen and oxygen atoms in total. The molecule has 0 aromatic heterocycles. The van der Waals surface area contributed by atoms with Gasteiger partial charge < -0.3 is 19.7 Å². The van der Waals surface area contributed by atoms with Crippen LogP contribution in [0.1, 0.15) is 25.7 Å². The zero-order valence-corrected chi connectivity index (χ0v) is 13.8. The monoisotopic (exact) mass is 318 g/mol. The first-order valence-corrected chi connectivity index (χ1v) is 8.17. The van der Waals surface area contributed by atoms with Gasteiger partial charge in [0, 0.05) is 20.2 Å². The van der Waals surface area contributed by atoms with Crippen molar-refractivity contribution in [3.05, 3.63) is 36.9 Å². The van der Waals surface area contributed by atoms with E-state index in [4.69, 9.17) is 9.47 Å². The van der Waals surface area contributed by atoms with Crippen LogP contribution in [0.5, 0.6) is 5.75 Å². The van der Waals surface area contributed by atoms with Crippen molar-refractivity contribution in [3.8, 4) is 5.75 Å². The summed E-state index contributed by atoms with van der Waals surface area (Å²) in [7, 11) is 1.80. The van der Waals surface area contributed by atoms with Crippen LogP contribution in [0.2, 0.25) is 0 Å². The van der Waals surface area contributed by atoms with E-state index in [0.717, 1.165) is 32.3 Å². The summed E-state index contributed by atoms with van der Waals surface area (Å²) in [6.45, 7) is 5.62.